The standard InChI is InChI=1S/C33H24N4S/c1-3-11-21(12-4-1)31-34-32(22-13-5-2-6-14-22)36-33(35-31)37-26-17-9-7-16-25(26)29-27(37)20-19-24-23-15-8-10-18-28(23)38-30(24)29/h1-7,9,11-14,16-17,19-20H,8,10,15,18H2. The van der Waals surface area contributed by atoms with Gasteiger partial charge in [0.1, 0.15) is 0 Å². The van der Waals surface area contributed by atoms with E-state index in [1.54, 1.807) is 10.4 Å². The highest BCUT2D eigenvalue weighted by Gasteiger charge is 2.22. The van der Waals surface area contributed by atoms with E-state index in [0.717, 1.165) is 22.2 Å². The van der Waals surface area contributed by atoms with Crippen molar-refractivity contribution in [3.05, 3.63) is 108 Å². The average molecular weight is 509 g/mol. The van der Waals surface area contributed by atoms with Crippen molar-refractivity contribution in [1.82, 2.24) is 19.5 Å². The van der Waals surface area contributed by atoms with Crippen molar-refractivity contribution in [2.24, 2.45) is 0 Å². The summed E-state index contributed by atoms with van der Waals surface area (Å²) in [6, 6.07) is 33.6. The summed E-state index contributed by atoms with van der Waals surface area (Å²) in [5, 5.41) is 3.97. The van der Waals surface area contributed by atoms with Crippen LogP contribution < -0.4 is 0 Å². The number of benzene rings is 4. The predicted octanol–water partition coefficient (Wildman–Crippen LogP) is 8.40. The lowest BCUT2D eigenvalue weighted by molar-refractivity contribution is 0.700. The Morgan fingerprint density at radius 1 is 0.579 bits per heavy atom. The Hall–Kier alpha value is -4.35. The maximum Gasteiger partial charge on any atom is 0.238 e. The van der Waals surface area contributed by atoms with E-state index >= 15 is 0 Å². The normalized spacial score (nSPS) is 13.4. The molecule has 0 radical (unpaired) electrons. The molecule has 1 aliphatic rings. The summed E-state index contributed by atoms with van der Waals surface area (Å²) >= 11 is 1.99. The average Bonchev–Trinajstić information content (AvgIpc) is 3.53. The second kappa shape index (κ2) is 8.61. The second-order valence-electron chi connectivity index (χ2n) is 9.91. The zero-order chi connectivity index (χ0) is 25.1. The van der Waals surface area contributed by atoms with Crippen LogP contribution in [-0.4, -0.2) is 19.5 Å². The van der Waals surface area contributed by atoms with Gasteiger partial charge in [0.05, 0.1) is 11.0 Å². The summed E-state index contributed by atoms with van der Waals surface area (Å²) in [4.78, 5) is 16.6. The quantitative estimate of drug-likeness (QED) is 0.241. The van der Waals surface area contributed by atoms with E-state index in [1.165, 1.54) is 46.5 Å². The molecule has 0 fully saturated rings. The van der Waals surface area contributed by atoms with Gasteiger partial charge in [0, 0.05) is 31.5 Å². The number of aryl methyl sites for hydroxylation is 2. The molecule has 8 rings (SSSR count). The van der Waals surface area contributed by atoms with Crippen LogP contribution in [0.25, 0.3) is 60.6 Å². The summed E-state index contributed by atoms with van der Waals surface area (Å²) in [5.41, 5.74) is 5.77. The molecule has 3 heterocycles. The Labute approximate surface area is 224 Å². The number of para-hydroxylation sites is 1. The van der Waals surface area contributed by atoms with E-state index < -0.39 is 0 Å². The minimum atomic E-state index is 0.643. The van der Waals surface area contributed by atoms with Crippen LogP contribution in [0.2, 0.25) is 0 Å². The molecule has 0 spiro atoms. The van der Waals surface area contributed by atoms with Gasteiger partial charge in [0.2, 0.25) is 5.95 Å². The fourth-order valence-electron chi connectivity index (χ4n) is 5.88. The van der Waals surface area contributed by atoms with Gasteiger partial charge >= 0.3 is 0 Å². The van der Waals surface area contributed by atoms with Crippen LogP contribution in [-0.2, 0) is 12.8 Å². The van der Waals surface area contributed by atoms with Crippen molar-refractivity contribution in [3.63, 3.8) is 0 Å². The molecule has 5 heteroatoms. The molecule has 0 atom stereocenters. The molecule has 0 saturated carbocycles. The summed E-state index contributed by atoms with van der Waals surface area (Å²) in [6.07, 6.45) is 4.96. The minimum absolute atomic E-state index is 0.643. The van der Waals surface area contributed by atoms with Gasteiger partial charge in [-0.15, -0.1) is 11.3 Å². The highest BCUT2D eigenvalue weighted by Crippen LogP contribution is 2.44. The number of nitrogens with zero attached hydrogens (tertiary/aromatic N) is 4. The topological polar surface area (TPSA) is 43.6 Å². The van der Waals surface area contributed by atoms with Crippen LogP contribution in [0.5, 0.6) is 0 Å². The number of thiophene rings is 1. The third kappa shape index (κ3) is 3.32. The van der Waals surface area contributed by atoms with Crippen LogP contribution in [0.4, 0.5) is 0 Å². The van der Waals surface area contributed by atoms with E-state index in [4.69, 9.17) is 15.0 Å². The van der Waals surface area contributed by atoms with Crippen molar-refractivity contribution in [2.75, 3.05) is 0 Å². The Bertz CT molecular complexity index is 1910. The monoisotopic (exact) mass is 508 g/mol. The summed E-state index contributed by atoms with van der Waals surface area (Å²) < 4.78 is 3.62. The smallest absolute Gasteiger partial charge is 0.238 e. The fourth-order valence-corrected chi connectivity index (χ4v) is 7.33. The molecule has 3 aromatic heterocycles. The van der Waals surface area contributed by atoms with Crippen molar-refractivity contribution in [2.45, 2.75) is 25.7 Å². The maximum absolute atomic E-state index is 5.06. The molecule has 0 saturated heterocycles. The van der Waals surface area contributed by atoms with Gasteiger partial charge in [-0.1, -0.05) is 84.9 Å². The molecule has 1 aliphatic carbocycles. The van der Waals surface area contributed by atoms with Crippen LogP contribution in [0.15, 0.2) is 97.1 Å². The first-order valence-electron chi connectivity index (χ1n) is 13.2. The first-order valence-corrected chi connectivity index (χ1v) is 14.0. The SMILES string of the molecule is c1ccc(-c2nc(-c3ccccc3)nc(-n3c4ccccc4c4c5sc6c(c5ccc43)CCCC6)n2)cc1. The van der Waals surface area contributed by atoms with Crippen LogP contribution in [0.1, 0.15) is 23.3 Å². The van der Waals surface area contributed by atoms with Crippen LogP contribution in [0.3, 0.4) is 0 Å². The zero-order valence-corrected chi connectivity index (χ0v) is 21.6. The molecular weight excluding hydrogens is 484 g/mol. The van der Waals surface area contributed by atoms with Crippen LogP contribution in [0, 0.1) is 0 Å². The minimum Gasteiger partial charge on any atom is -0.278 e. The molecule has 0 unspecified atom stereocenters. The third-order valence-electron chi connectivity index (χ3n) is 7.65. The Morgan fingerprint density at radius 3 is 1.97 bits per heavy atom. The first-order chi connectivity index (χ1) is 18.8. The van der Waals surface area contributed by atoms with E-state index in [2.05, 4.69) is 65.2 Å². The Balaban J connectivity index is 1.46. The predicted molar refractivity (Wildman–Crippen MR) is 157 cm³/mol. The maximum atomic E-state index is 5.06. The van der Waals surface area contributed by atoms with E-state index in [-0.39, 0.29) is 0 Å². The van der Waals surface area contributed by atoms with E-state index in [1.807, 2.05) is 47.7 Å². The molecule has 0 amide bonds. The summed E-state index contributed by atoms with van der Waals surface area (Å²) in [7, 11) is 0. The fraction of sp³-hybridized carbons (Fsp3) is 0.121. The van der Waals surface area contributed by atoms with Crippen LogP contribution >= 0.6 is 11.3 Å². The highest BCUT2D eigenvalue weighted by atomic mass is 32.1. The van der Waals surface area contributed by atoms with Gasteiger partial charge < -0.3 is 0 Å². The molecule has 7 aromatic rings. The van der Waals surface area contributed by atoms with Gasteiger partial charge in [0.15, 0.2) is 11.6 Å². The highest BCUT2D eigenvalue weighted by molar-refractivity contribution is 7.20. The molecule has 0 aliphatic heterocycles. The summed E-state index contributed by atoms with van der Waals surface area (Å²) in [6.45, 7) is 0. The largest absolute Gasteiger partial charge is 0.278 e. The molecule has 4 nitrogen and oxygen atoms in total. The Morgan fingerprint density at radius 2 is 1.24 bits per heavy atom. The molecule has 182 valence electrons. The Kier molecular flexibility index (Phi) is 4.92. The van der Waals surface area contributed by atoms with Gasteiger partial charge in [0.25, 0.3) is 0 Å². The first kappa shape index (κ1) is 21.7. The number of hydrogen-bond donors (Lipinski definition) is 0. The number of fused-ring (bicyclic) bond motifs is 7. The van der Waals surface area contributed by atoms with Gasteiger partial charge in [-0.2, -0.15) is 9.97 Å². The van der Waals surface area contributed by atoms with Crippen molar-refractivity contribution < 1.29 is 0 Å². The van der Waals surface area contributed by atoms with Gasteiger partial charge in [-0.25, -0.2) is 4.98 Å². The number of aromatic nitrogens is 4. The molecule has 38 heavy (non-hydrogen) atoms. The lowest BCUT2D eigenvalue weighted by atomic mass is 9.95. The molecular formula is C33H24N4S. The number of hydrogen-bond acceptors (Lipinski definition) is 4. The van der Waals surface area contributed by atoms with Crippen molar-refractivity contribution in [3.8, 4) is 28.7 Å². The van der Waals surface area contributed by atoms with Gasteiger partial charge in [-0.05, 0) is 48.8 Å². The summed E-state index contributed by atoms with van der Waals surface area (Å²) in [5.74, 6) is 1.99. The zero-order valence-electron chi connectivity index (χ0n) is 20.8. The molecule has 4 aromatic carbocycles. The van der Waals surface area contributed by atoms with Gasteiger partial charge in [-0.3, -0.25) is 4.57 Å². The van der Waals surface area contributed by atoms with E-state index in [9.17, 15) is 0 Å². The number of rotatable bonds is 3. The third-order valence-corrected chi connectivity index (χ3v) is 8.97. The van der Waals surface area contributed by atoms with Crippen molar-refractivity contribution >= 4 is 43.2 Å². The molecule has 0 N–H and O–H groups in total. The molecule has 0 bridgehead atoms. The van der Waals surface area contributed by atoms with Crippen molar-refractivity contribution in [1.29, 1.82) is 0 Å². The second-order valence-corrected chi connectivity index (χ2v) is 11.0. The van der Waals surface area contributed by atoms with E-state index in [0.29, 0.717) is 17.6 Å². The lowest BCUT2D eigenvalue weighted by Gasteiger charge is -2.11. The lowest BCUT2D eigenvalue weighted by Crippen LogP contribution is -2.06.